The number of nitrogens with one attached hydrogen (secondary N) is 1. The summed E-state index contributed by atoms with van der Waals surface area (Å²) < 4.78 is 30.6. The van der Waals surface area contributed by atoms with Crippen LogP contribution in [0.1, 0.15) is 239 Å². The Morgan fingerprint density at radius 2 is 0.867 bits per heavy atom. The Kier molecular flexibility index (Phi) is 51.6. The molecule has 9 nitrogen and oxygen atoms in total. The smallest absolute Gasteiger partial charge is 0.456 e. The predicted molar refractivity (Wildman–Crippen MR) is 323 cm³/mol. The molecule has 0 spiro atoms. The van der Waals surface area contributed by atoms with Crippen LogP contribution in [0.15, 0.2) is 109 Å². The average Bonchev–Trinajstić information content (AvgIpc) is 3.37. The molecule has 0 heterocycles. The number of phosphoric ester groups is 1. The Labute approximate surface area is 461 Å². The molecule has 1 amide bonds. The summed E-state index contributed by atoms with van der Waals surface area (Å²) >= 11 is 0. The summed E-state index contributed by atoms with van der Waals surface area (Å²) in [6.07, 6.45) is 73.9. The number of ether oxygens (including phenoxy) is 1. The molecule has 0 saturated carbocycles. The number of allylic oxidation sites excluding steroid dienone is 17. The van der Waals surface area contributed by atoms with Crippen LogP contribution in [0.3, 0.4) is 0 Å². The molecule has 0 fully saturated rings. The largest absolute Gasteiger partial charge is 0.472 e. The van der Waals surface area contributed by atoms with Crippen LogP contribution in [0.2, 0.25) is 0 Å². The van der Waals surface area contributed by atoms with Crippen molar-refractivity contribution < 1.29 is 37.3 Å². The minimum atomic E-state index is -4.47. The van der Waals surface area contributed by atoms with Crippen molar-refractivity contribution in [3.8, 4) is 0 Å². The van der Waals surface area contributed by atoms with E-state index < -0.39 is 20.0 Å². The lowest BCUT2D eigenvalue weighted by atomic mass is 10.1. The molecule has 0 aromatic carbocycles. The van der Waals surface area contributed by atoms with Gasteiger partial charge in [-0.1, -0.05) is 233 Å². The van der Waals surface area contributed by atoms with Gasteiger partial charge in [-0.05, 0) is 102 Å². The lowest BCUT2D eigenvalue weighted by molar-refractivity contribution is -0.870. The van der Waals surface area contributed by atoms with Crippen LogP contribution < -0.4 is 5.32 Å². The van der Waals surface area contributed by atoms with Crippen molar-refractivity contribution in [2.75, 3.05) is 40.9 Å². The number of hydrogen-bond acceptors (Lipinski definition) is 6. The zero-order valence-corrected chi connectivity index (χ0v) is 49.9. The van der Waals surface area contributed by atoms with E-state index in [1.54, 1.807) is 0 Å². The van der Waals surface area contributed by atoms with Gasteiger partial charge in [0.15, 0.2) is 0 Å². The average molecular weight is 1070 g/mol. The Balaban J connectivity index is 5.25. The van der Waals surface area contributed by atoms with Gasteiger partial charge in [0.2, 0.25) is 5.91 Å². The number of rotatable bonds is 53. The van der Waals surface area contributed by atoms with Crippen molar-refractivity contribution in [1.82, 2.24) is 5.32 Å². The molecule has 0 rings (SSSR count). The molecule has 3 atom stereocenters. The van der Waals surface area contributed by atoms with E-state index >= 15 is 0 Å². The van der Waals surface area contributed by atoms with Crippen molar-refractivity contribution in [3.63, 3.8) is 0 Å². The van der Waals surface area contributed by atoms with Crippen molar-refractivity contribution >= 4 is 19.7 Å². The monoisotopic (exact) mass is 1070 g/mol. The van der Waals surface area contributed by atoms with Crippen LogP contribution >= 0.6 is 7.82 Å². The van der Waals surface area contributed by atoms with Gasteiger partial charge >= 0.3 is 13.8 Å². The second-order valence-corrected chi connectivity index (χ2v) is 22.6. The number of carbonyl (C=O) groups is 2. The Hall–Kier alpha value is -3.33. The summed E-state index contributed by atoms with van der Waals surface area (Å²) in [5, 5.41) is 3.00. The minimum Gasteiger partial charge on any atom is -0.456 e. The molecule has 0 aliphatic carbocycles. The molecule has 75 heavy (non-hydrogen) atoms. The second-order valence-electron chi connectivity index (χ2n) is 21.1. The van der Waals surface area contributed by atoms with Crippen LogP contribution in [0.25, 0.3) is 0 Å². The second kappa shape index (κ2) is 54.0. The Bertz CT molecular complexity index is 1650. The van der Waals surface area contributed by atoms with Crippen LogP contribution in [-0.2, 0) is 27.9 Å². The summed E-state index contributed by atoms with van der Waals surface area (Å²) in [4.78, 5) is 37.6. The number of phosphoric acid groups is 1. The number of esters is 1. The highest BCUT2D eigenvalue weighted by Gasteiger charge is 2.30. The summed E-state index contributed by atoms with van der Waals surface area (Å²) in [5.41, 5.74) is 0. The molecule has 10 heteroatoms. The van der Waals surface area contributed by atoms with E-state index in [9.17, 15) is 19.0 Å². The maximum absolute atomic E-state index is 13.4. The molecule has 0 aliphatic rings. The first-order valence-electron chi connectivity index (χ1n) is 30.2. The van der Waals surface area contributed by atoms with Gasteiger partial charge in [-0.15, -0.1) is 0 Å². The number of unbranched alkanes of at least 4 members (excludes halogenated alkanes) is 21. The summed E-state index contributed by atoms with van der Waals surface area (Å²) in [7, 11) is 1.44. The van der Waals surface area contributed by atoms with Crippen molar-refractivity contribution in [1.29, 1.82) is 0 Å². The maximum Gasteiger partial charge on any atom is 0.472 e. The molecule has 0 aromatic heterocycles. The molecule has 0 radical (unpaired) electrons. The maximum atomic E-state index is 13.4. The normalized spacial score (nSPS) is 14.5. The van der Waals surface area contributed by atoms with Crippen molar-refractivity contribution in [2.24, 2.45) is 0 Å². The third-order valence-corrected chi connectivity index (χ3v) is 13.7. The van der Waals surface area contributed by atoms with Gasteiger partial charge in [0.1, 0.15) is 19.3 Å². The molecular formula is C65H114N2O7P+. The van der Waals surface area contributed by atoms with Crippen molar-refractivity contribution in [2.45, 2.75) is 251 Å². The van der Waals surface area contributed by atoms with E-state index in [0.29, 0.717) is 23.9 Å². The molecule has 0 saturated heterocycles. The highest BCUT2D eigenvalue weighted by atomic mass is 31.2. The van der Waals surface area contributed by atoms with Gasteiger partial charge in [0.25, 0.3) is 0 Å². The Morgan fingerprint density at radius 3 is 1.31 bits per heavy atom. The van der Waals surface area contributed by atoms with Crippen molar-refractivity contribution in [3.05, 3.63) is 109 Å². The van der Waals surface area contributed by atoms with E-state index in [1.807, 2.05) is 39.4 Å². The quantitative estimate of drug-likeness (QED) is 0.0205. The molecule has 3 unspecified atom stereocenters. The fourth-order valence-electron chi connectivity index (χ4n) is 8.05. The molecule has 430 valence electrons. The van der Waals surface area contributed by atoms with Gasteiger partial charge in [-0.25, -0.2) is 4.57 Å². The summed E-state index contributed by atoms with van der Waals surface area (Å²) in [6, 6.07) is -0.890. The molecular weight excluding hydrogens is 952 g/mol. The molecule has 0 aliphatic heterocycles. The van der Waals surface area contributed by atoms with E-state index in [2.05, 4.69) is 117 Å². The highest BCUT2D eigenvalue weighted by molar-refractivity contribution is 7.47. The Morgan fingerprint density at radius 1 is 0.480 bits per heavy atom. The standard InChI is InChI=1S/C65H113N2O7P/c1-7-10-13-16-19-22-25-27-28-29-30-31-32-33-34-35-36-37-38-40-43-46-49-52-55-58-65(69)74-63(56-53-50-47-44-41-24-21-18-15-12-9-3)62(61-73-75(70,71)72-60-59-67(4,5)6)66-64(68)57-54-51-48-45-42-39-26-23-20-17-14-11-8-2/h10,13,19,22,27-28,30-31,33-34,36-37,39,42,48,51,53,56,62-63H,7-9,11-12,14-18,20-21,23-26,29,32,35,38,40-41,43-47,49-50,52,54-55,57-61H2,1-6H3,(H-,66,68,70,71)/p+1/b13-10-,22-19-,28-27-,31-30-,34-33-,37-36-,42-39-,51-48+,56-53-. The zero-order chi connectivity index (χ0) is 55.0. The first-order chi connectivity index (χ1) is 36.4. The first kappa shape index (κ1) is 71.7. The number of likely N-dealkylation sites (N-methyl/N-ethyl adjacent to an activating group) is 1. The van der Waals surface area contributed by atoms with E-state index in [-0.39, 0.29) is 37.9 Å². The number of quaternary nitrogens is 1. The van der Waals surface area contributed by atoms with Gasteiger partial charge in [-0.2, -0.15) is 0 Å². The highest BCUT2D eigenvalue weighted by Crippen LogP contribution is 2.43. The number of amides is 1. The molecule has 0 bridgehead atoms. The fourth-order valence-corrected chi connectivity index (χ4v) is 8.79. The number of hydrogen-bond donors (Lipinski definition) is 2. The lowest BCUT2D eigenvalue weighted by Crippen LogP contribution is -2.47. The molecule has 2 N–H and O–H groups in total. The van der Waals surface area contributed by atoms with E-state index in [1.165, 1.54) is 83.5 Å². The van der Waals surface area contributed by atoms with Crippen LogP contribution in [0, 0.1) is 0 Å². The third-order valence-electron chi connectivity index (χ3n) is 12.7. The van der Waals surface area contributed by atoms with Gasteiger partial charge in [0.05, 0.1) is 33.8 Å². The van der Waals surface area contributed by atoms with Gasteiger partial charge in [0, 0.05) is 12.8 Å². The molecule has 0 aromatic rings. The van der Waals surface area contributed by atoms with Crippen LogP contribution in [-0.4, -0.2) is 74.3 Å². The zero-order valence-electron chi connectivity index (χ0n) is 49.0. The summed E-state index contributed by atoms with van der Waals surface area (Å²) in [5.74, 6) is -0.608. The minimum absolute atomic E-state index is 0.0232. The van der Waals surface area contributed by atoms with Gasteiger partial charge in [-0.3, -0.25) is 18.6 Å². The van der Waals surface area contributed by atoms with Gasteiger partial charge < -0.3 is 19.4 Å². The number of nitrogens with zero attached hydrogens (tertiary/aromatic N) is 1. The predicted octanol–water partition coefficient (Wildman–Crippen LogP) is 18.6. The first-order valence-corrected chi connectivity index (χ1v) is 31.7. The number of carbonyl (C=O) groups excluding carboxylic acids is 2. The van der Waals surface area contributed by atoms with Crippen LogP contribution in [0.4, 0.5) is 0 Å². The SMILES string of the molecule is CC/C=C\C/C=C\C/C=C\C/C=C\C/C=C\C/C=C\CCCCCCCCC(=O)OC(/C=C\CCCCCCCCCCC)C(COP(=O)(O)OCC[N+](C)(C)C)NC(=O)CC/C=C/C/C=C\CCCCCCCC. The topological polar surface area (TPSA) is 111 Å². The summed E-state index contributed by atoms with van der Waals surface area (Å²) in [6.45, 7) is 6.81. The lowest BCUT2D eigenvalue weighted by Gasteiger charge is -2.27. The van der Waals surface area contributed by atoms with Crippen LogP contribution in [0.5, 0.6) is 0 Å². The third kappa shape index (κ3) is 55.2. The fraction of sp³-hybridized carbons (Fsp3) is 0.692. The van der Waals surface area contributed by atoms with E-state index in [4.69, 9.17) is 13.8 Å². The van der Waals surface area contributed by atoms with E-state index in [0.717, 1.165) is 109 Å².